The van der Waals surface area contributed by atoms with Gasteiger partial charge in [0.1, 0.15) is 11.3 Å². The van der Waals surface area contributed by atoms with Crippen molar-refractivity contribution in [3.8, 4) is 0 Å². The molecular weight excluding hydrogens is 374 g/mol. The highest BCUT2D eigenvalue weighted by molar-refractivity contribution is 7.91. The number of sulfone groups is 2. The van der Waals surface area contributed by atoms with Crippen molar-refractivity contribution in [1.82, 2.24) is 0 Å². The largest absolute Gasteiger partial charge is 0.459 e. The molecule has 0 fully saturated rings. The summed E-state index contributed by atoms with van der Waals surface area (Å²) in [5.74, 6) is 0.681. The van der Waals surface area contributed by atoms with Crippen LogP contribution in [-0.4, -0.2) is 36.4 Å². The van der Waals surface area contributed by atoms with Gasteiger partial charge in [-0.25, -0.2) is 16.8 Å². The van der Waals surface area contributed by atoms with Crippen LogP contribution in [-0.2, 0) is 26.2 Å². The molecule has 0 radical (unpaired) electrons. The smallest absolute Gasteiger partial charge is 0.177 e. The summed E-state index contributed by atoms with van der Waals surface area (Å²) in [7, 11) is -5.39. The third kappa shape index (κ3) is 3.76. The van der Waals surface area contributed by atoms with E-state index >= 15 is 0 Å². The van der Waals surface area contributed by atoms with Gasteiger partial charge in [0.15, 0.2) is 19.7 Å². The van der Waals surface area contributed by atoms with Crippen LogP contribution < -0.4 is 4.90 Å². The normalized spacial score (nSPS) is 12.4. The second kappa shape index (κ2) is 6.44. The maximum absolute atomic E-state index is 12.2. The molecule has 6 nitrogen and oxygen atoms in total. The van der Waals surface area contributed by atoms with Gasteiger partial charge in [0, 0.05) is 24.9 Å². The van der Waals surface area contributed by atoms with Crippen molar-refractivity contribution in [2.45, 2.75) is 16.3 Å². The molecule has 1 heterocycles. The van der Waals surface area contributed by atoms with Crippen LogP contribution >= 0.6 is 0 Å². The van der Waals surface area contributed by atoms with Gasteiger partial charge in [0.25, 0.3) is 0 Å². The van der Waals surface area contributed by atoms with Crippen LogP contribution in [0.1, 0.15) is 5.76 Å². The van der Waals surface area contributed by atoms with Gasteiger partial charge in [-0.05, 0) is 30.3 Å². The van der Waals surface area contributed by atoms with Crippen LogP contribution in [0.4, 0.5) is 5.69 Å². The number of hydrogen-bond acceptors (Lipinski definition) is 6. The van der Waals surface area contributed by atoms with Crippen molar-refractivity contribution in [3.63, 3.8) is 0 Å². The molecule has 138 valence electrons. The summed E-state index contributed by atoms with van der Waals surface area (Å²) in [6, 6.07) is 13.6. The van der Waals surface area contributed by atoms with Gasteiger partial charge in [-0.3, -0.25) is 0 Å². The van der Waals surface area contributed by atoms with Crippen molar-refractivity contribution in [1.29, 1.82) is 0 Å². The van der Waals surface area contributed by atoms with E-state index in [0.717, 1.165) is 23.5 Å². The van der Waals surface area contributed by atoms with Crippen LogP contribution in [0.5, 0.6) is 0 Å². The molecule has 0 aliphatic heterocycles. The maximum atomic E-state index is 12.2. The number of benzene rings is 2. The number of fused-ring (bicyclic) bond motifs is 1. The van der Waals surface area contributed by atoms with Gasteiger partial charge in [-0.15, -0.1) is 0 Å². The van der Waals surface area contributed by atoms with E-state index in [1.54, 1.807) is 11.9 Å². The first-order valence-corrected chi connectivity index (χ1v) is 11.6. The summed E-state index contributed by atoms with van der Waals surface area (Å²) in [5.41, 5.74) is 1.17. The summed E-state index contributed by atoms with van der Waals surface area (Å²) in [4.78, 5) is 1.66. The molecule has 0 N–H and O–H groups in total. The Morgan fingerprint density at radius 1 is 0.923 bits per heavy atom. The van der Waals surface area contributed by atoms with Crippen LogP contribution in [0.25, 0.3) is 11.0 Å². The molecule has 8 heteroatoms. The highest BCUT2D eigenvalue weighted by atomic mass is 32.2. The number of anilines is 1. The van der Waals surface area contributed by atoms with E-state index in [9.17, 15) is 16.8 Å². The molecule has 2 aromatic carbocycles. The highest BCUT2D eigenvalue weighted by Crippen LogP contribution is 2.29. The van der Waals surface area contributed by atoms with E-state index in [0.29, 0.717) is 18.0 Å². The van der Waals surface area contributed by atoms with Gasteiger partial charge >= 0.3 is 0 Å². The fourth-order valence-corrected chi connectivity index (χ4v) is 4.44. The van der Waals surface area contributed by atoms with Crippen LogP contribution in [0.15, 0.2) is 62.7 Å². The molecule has 3 aromatic rings. The molecular formula is C18H19NO5S2. The van der Waals surface area contributed by atoms with Crippen molar-refractivity contribution in [2.75, 3.05) is 24.5 Å². The molecule has 1 aromatic heterocycles. The highest BCUT2D eigenvalue weighted by Gasteiger charge is 2.20. The van der Waals surface area contributed by atoms with Crippen LogP contribution in [0.3, 0.4) is 0 Å². The molecule has 3 rings (SSSR count). The Morgan fingerprint density at radius 2 is 1.62 bits per heavy atom. The standard InChI is InChI=1S/C18H19NO5S2/c1-19(12-14-10-13-6-4-5-7-17(13)24-14)16-9-8-15(25(2,20)21)11-18(16)26(3,22)23/h4-11H,12H2,1-3H3. The molecule has 0 spiro atoms. The number of nitrogens with zero attached hydrogens (tertiary/aromatic N) is 1. The molecule has 0 saturated heterocycles. The molecule has 0 atom stereocenters. The summed E-state index contributed by atoms with van der Waals surface area (Å²) >= 11 is 0. The van der Waals surface area contributed by atoms with Crippen molar-refractivity contribution < 1.29 is 21.3 Å². The van der Waals surface area contributed by atoms with Crippen molar-refractivity contribution >= 4 is 36.3 Å². The zero-order chi connectivity index (χ0) is 19.1. The van der Waals surface area contributed by atoms with Crippen LogP contribution in [0, 0.1) is 0 Å². The van der Waals surface area contributed by atoms with Crippen molar-refractivity contribution in [3.05, 3.63) is 54.3 Å². The molecule has 0 aliphatic rings. The van der Waals surface area contributed by atoms with Gasteiger partial charge in [0.05, 0.1) is 22.0 Å². The lowest BCUT2D eigenvalue weighted by molar-refractivity contribution is 0.545. The summed E-state index contributed by atoms with van der Waals surface area (Å²) in [5, 5.41) is 0.965. The predicted molar refractivity (Wildman–Crippen MR) is 101 cm³/mol. The second-order valence-electron chi connectivity index (χ2n) is 6.28. The number of rotatable bonds is 5. The van der Waals surface area contributed by atoms with Gasteiger partial charge < -0.3 is 9.32 Å². The lowest BCUT2D eigenvalue weighted by atomic mass is 10.2. The van der Waals surface area contributed by atoms with E-state index in [-0.39, 0.29) is 9.79 Å². The zero-order valence-corrected chi connectivity index (χ0v) is 16.3. The molecule has 0 amide bonds. The summed E-state index contributed by atoms with van der Waals surface area (Å²) in [6.45, 7) is 0.343. The second-order valence-corrected chi connectivity index (χ2v) is 10.3. The van der Waals surface area contributed by atoms with E-state index in [1.807, 2.05) is 30.3 Å². The first kappa shape index (κ1) is 18.5. The first-order valence-electron chi connectivity index (χ1n) is 7.78. The SMILES string of the molecule is CN(Cc1cc2ccccc2o1)c1ccc(S(C)(=O)=O)cc1S(C)(=O)=O. The van der Waals surface area contributed by atoms with E-state index < -0.39 is 19.7 Å². The van der Waals surface area contributed by atoms with E-state index in [2.05, 4.69) is 0 Å². The lowest BCUT2D eigenvalue weighted by Crippen LogP contribution is -2.19. The molecule has 0 bridgehead atoms. The summed E-state index contributed by atoms with van der Waals surface area (Å²) in [6.07, 6.45) is 2.11. The molecule has 0 saturated carbocycles. The minimum absolute atomic E-state index is 0.0287. The molecule has 26 heavy (non-hydrogen) atoms. The number of hydrogen-bond donors (Lipinski definition) is 0. The monoisotopic (exact) mass is 393 g/mol. The van der Waals surface area contributed by atoms with Gasteiger partial charge in [-0.2, -0.15) is 0 Å². The predicted octanol–water partition coefficient (Wildman–Crippen LogP) is 2.88. The van der Waals surface area contributed by atoms with Gasteiger partial charge in [-0.1, -0.05) is 18.2 Å². The Morgan fingerprint density at radius 3 is 2.23 bits per heavy atom. The topological polar surface area (TPSA) is 84.7 Å². The third-order valence-electron chi connectivity index (χ3n) is 4.04. The Bertz CT molecular complexity index is 1140. The Hall–Kier alpha value is -2.32. The Balaban J connectivity index is 2.01. The Kier molecular flexibility index (Phi) is 4.58. The van der Waals surface area contributed by atoms with Crippen molar-refractivity contribution in [2.24, 2.45) is 0 Å². The van der Waals surface area contributed by atoms with Crippen LogP contribution in [0.2, 0.25) is 0 Å². The number of para-hydroxylation sites is 1. The summed E-state index contributed by atoms with van der Waals surface area (Å²) < 4.78 is 53.7. The minimum Gasteiger partial charge on any atom is -0.459 e. The van der Waals surface area contributed by atoms with E-state index in [4.69, 9.17) is 4.42 Å². The quantitative estimate of drug-likeness (QED) is 0.663. The fourth-order valence-electron chi connectivity index (χ4n) is 2.77. The lowest BCUT2D eigenvalue weighted by Gasteiger charge is -2.21. The molecule has 0 aliphatic carbocycles. The minimum atomic E-state index is -3.61. The number of furan rings is 1. The average Bonchev–Trinajstić information content (AvgIpc) is 2.94. The van der Waals surface area contributed by atoms with Gasteiger partial charge in [0.2, 0.25) is 0 Å². The van der Waals surface area contributed by atoms with E-state index in [1.165, 1.54) is 18.2 Å². The fraction of sp³-hybridized carbons (Fsp3) is 0.222. The first-order chi connectivity index (χ1) is 12.1. The maximum Gasteiger partial charge on any atom is 0.177 e. The Labute approximate surface area is 152 Å². The zero-order valence-electron chi connectivity index (χ0n) is 14.6. The third-order valence-corrected chi connectivity index (χ3v) is 6.28. The molecule has 0 unspecified atom stereocenters. The average molecular weight is 393 g/mol.